The first-order valence-electron chi connectivity index (χ1n) is 6.91. The van der Waals surface area contributed by atoms with Crippen molar-refractivity contribution in [2.45, 2.75) is 6.04 Å². The summed E-state index contributed by atoms with van der Waals surface area (Å²) in [5.41, 5.74) is 2.56. The van der Waals surface area contributed by atoms with Gasteiger partial charge in [0.15, 0.2) is 0 Å². The predicted molar refractivity (Wildman–Crippen MR) is 80.4 cm³/mol. The summed E-state index contributed by atoms with van der Waals surface area (Å²) in [7, 11) is 0. The summed E-state index contributed by atoms with van der Waals surface area (Å²) in [6, 6.07) is 17.4. The lowest BCUT2D eigenvalue weighted by Crippen LogP contribution is -2.29. The minimum atomic E-state index is -0.114. The largest absolute Gasteiger partial charge is 0.491 e. The number of para-hydroxylation sites is 2. The zero-order valence-corrected chi connectivity index (χ0v) is 11.3. The second-order valence-electron chi connectivity index (χ2n) is 5.15. The van der Waals surface area contributed by atoms with E-state index in [4.69, 9.17) is 4.74 Å². The van der Waals surface area contributed by atoms with E-state index in [-0.39, 0.29) is 11.9 Å². The number of carbonyl (C=O) groups is 1. The van der Waals surface area contributed by atoms with E-state index >= 15 is 0 Å². The number of nitrogens with one attached hydrogen (secondary N) is 2. The SMILES string of the molecule is O=C(NC1COc2ccccc21)c1cc2ccccc2[nH]1. The van der Waals surface area contributed by atoms with E-state index in [1.807, 2.05) is 54.6 Å². The standard InChI is InChI=1S/C17H14N2O2/c20-17(14-9-11-5-1-3-7-13(11)18-14)19-15-10-21-16-8-4-2-6-12(15)16/h1-9,15,18H,10H2,(H,19,20). The van der Waals surface area contributed by atoms with Gasteiger partial charge in [-0.15, -0.1) is 0 Å². The molecule has 3 aromatic rings. The first-order chi connectivity index (χ1) is 10.3. The van der Waals surface area contributed by atoms with Crippen LogP contribution in [-0.4, -0.2) is 17.5 Å². The van der Waals surface area contributed by atoms with Crippen molar-refractivity contribution in [3.63, 3.8) is 0 Å². The molecule has 0 saturated carbocycles. The monoisotopic (exact) mass is 278 g/mol. The molecule has 0 radical (unpaired) electrons. The van der Waals surface area contributed by atoms with E-state index in [0.29, 0.717) is 12.3 Å². The molecule has 1 aliphatic heterocycles. The highest BCUT2D eigenvalue weighted by Gasteiger charge is 2.25. The smallest absolute Gasteiger partial charge is 0.268 e. The Labute approximate surface area is 121 Å². The van der Waals surface area contributed by atoms with Gasteiger partial charge in [0.2, 0.25) is 0 Å². The number of aromatic nitrogens is 1. The second kappa shape index (κ2) is 4.66. The van der Waals surface area contributed by atoms with Crippen LogP contribution in [0.5, 0.6) is 5.75 Å². The number of fused-ring (bicyclic) bond motifs is 2. The number of H-pyrrole nitrogens is 1. The minimum absolute atomic E-state index is 0.0971. The van der Waals surface area contributed by atoms with Crippen molar-refractivity contribution >= 4 is 16.8 Å². The summed E-state index contributed by atoms with van der Waals surface area (Å²) < 4.78 is 5.58. The molecule has 4 nitrogen and oxygen atoms in total. The molecule has 2 aromatic carbocycles. The zero-order valence-electron chi connectivity index (χ0n) is 11.3. The number of aromatic amines is 1. The van der Waals surface area contributed by atoms with Crippen LogP contribution in [0.15, 0.2) is 54.6 Å². The minimum Gasteiger partial charge on any atom is -0.491 e. The fraction of sp³-hybridized carbons (Fsp3) is 0.118. The molecule has 1 atom stereocenters. The van der Waals surface area contributed by atoms with Gasteiger partial charge in [0, 0.05) is 16.5 Å². The number of ether oxygens (including phenoxy) is 1. The maximum atomic E-state index is 12.4. The Bertz CT molecular complexity index is 789. The van der Waals surface area contributed by atoms with Crippen molar-refractivity contribution in [3.8, 4) is 5.75 Å². The van der Waals surface area contributed by atoms with Gasteiger partial charge in [-0.05, 0) is 18.2 Å². The molecule has 1 amide bonds. The third-order valence-corrected chi connectivity index (χ3v) is 3.78. The van der Waals surface area contributed by atoms with Crippen LogP contribution in [0.1, 0.15) is 22.1 Å². The molecular formula is C17H14N2O2. The topological polar surface area (TPSA) is 54.1 Å². The number of hydrogen-bond acceptors (Lipinski definition) is 2. The Balaban J connectivity index is 1.59. The maximum Gasteiger partial charge on any atom is 0.268 e. The molecule has 104 valence electrons. The van der Waals surface area contributed by atoms with Gasteiger partial charge in [-0.2, -0.15) is 0 Å². The van der Waals surface area contributed by atoms with Gasteiger partial charge in [-0.25, -0.2) is 0 Å². The van der Waals surface area contributed by atoms with Crippen LogP contribution in [0.25, 0.3) is 10.9 Å². The second-order valence-corrected chi connectivity index (χ2v) is 5.15. The predicted octanol–water partition coefficient (Wildman–Crippen LogP) is 3.03. The van der Waals surface area contributed by atoms with Gasteiger partial charge in [-0.3, -0.25) is 4.79 Å². The van der Waals surface area contributed by atoms with Crippen molar-refractivity contribution in [1.82, 2.24) is 10.3 Å². The summed E-state index contributed by atoms with van der Waals surface area (Å²) >= 11 is 0. The van der Waals surface area contributed by atoms with Crippen LogP contribution in [0.3, 0.4) is 0 Å². The van der Waals surface area contributed by atoms with Crippen LogP contribution < -0.4 is 10.1 Å². The lowest BCUT2D eigenvalue weighted by Gasteiger charge is -2.10. The Hall–Kier alpha value is -2.75. The van der Waals surface area contributed by atoms with Crippen molar-refractivity contribution in [2.75, 3.05) is 6.61 Å². The van der Waals surface area contributed by atoms with E-state index in [1.165, 1.54) is 0 Å². The lowest BCUT2D eigenvalue weighted by atomic mass is 10.1. The molecule has 4 rings (SSSR count). The summed E-state index contributed by atoms with van der Waals surface area (Å²) in [6.45, 7) is 0.477. The molecule has 21 heavy (non-hydrogen) atoms. The maximum absolute atomic E-state index is 12.4. The van der Waals surface area contributed by atoms with Crippen molar-refractivity contribution < 1.29 is 9.53 Å². The Kier molecular flexibility index (Phi) is 2.67. The van der Waals surface area contributed by atoms with Crippen LogP contribution in [0.2, 0.25) is 0 Å². The fourth-order valence-electron chi connectivity index (χ4n) is 2.71. The number of carbonyl (C=O) groups excluding carboxylic acids is 1. The summed E-state index contributed by atoms with van der Waals surface area (Å²) in [5.74, 6) is 0.732. The number of rotatable bonds is 2. The van der Waals surface area contributed by atoms with Crippen molar-refractivity contribution in [2.24, 2.45) is 0 Å². The molecule has 4 heteroatoms. The van der Waals surface area contributed by atoms with Crippen LogP contribution in [-0.2, 0) is 0 Å². The highest BCUT2D eigenvalue weighted by Crippen LogP contribution is 2.31. The van der Waals surface area contributed by atoms with E-state index in [0.717, 1.165) is 22.2 Å². The molecule has 1 aliphatic rings. The highest BCUT2D eigenvalue weighted by molar-refractivity contribution is 5.98. The average Bonchev–Trinajstić information content (AvgIpc) is 3.11. The normalized spacial score (nSPS) is 16.5. The van der Waals surface area contributed by atoms with E-state index in [2.05, 4.69) is 10.3 Å². The first-order valence-corrected chi connectivity index (χ1v) is 6.91. The Morgan fingerprint density at radius 3 is 2.86 bits per heavy atom. The zero-order chi connectivity index (χ0) is 14.2. The molecule has 0 aliphatic carbocycles. The third-order valence-electron chi connectivity index (χ3n) is 3.78. The lowest BCUT2D eigenvalue weighted by molar-refractivity contribution is 0.0926. The van der Waals surface area contributed by atoms with E-state index in [1.54, 1.807) is 0 Å². The summed E-state index contributed by atoms with van der Waals surface area (Å²) in [4.78, 5) is 15.5. The summed E-state index contributed by atoms with van der Waals surface area (Å²) in [5, 5.41) is 4.05. The molecule has 0 bridgehead atoms. The highest BCUT2D eigenvalue weighted by atomic mass is 16.5. The average molecular weight is 278 g/mol. The Morgan fingerprint density at radius 1 is 1.14 bits per heavy atom. The quantitative estimate of drug-likeness (QED) is 0.757. The Morgan fingerprint density at radius 2 is 1.95 bits per heavy atom. The van der Waals surface area contributed by atoms with Crippen molar-refractivity contribution in [3.05, 3.63) is 65.9 Å². The third kappa shape index (κ3) is 2.05. The molecule has 2 heterocycles. The molecule has 1 unspecified atom stereocenters. The number of benzene rings is 2. The molecule has 0 saturated heterocycles. The van der Waals surface area contributed by atoms with Gasteiger partial charge >= 0.3 is 0 Å². The van der Waals surface area contributed by atoms with Crippen LogP contribution in [0, 0.1) is 0 Å². The van der Waals surface area contributed by atoms with Gasteiger partial charge in [0.05, 0.1) is 6.04 Å². The van der Waals surface area contributed by atoms with Gasteiger partial charge < -0.3 is 15.0 Å². The van der Waals surface area contributed by atoms with Gasteiger partial charge in [0.25, 0.3) is 5.91 Å². The van der Waals surface area contributed by atoms with Gasteiger partial charge in [-0.1, -0.05) is 36.4 Å². The van der Waals surface area contributed by atoms with E-state index < -0.39 is 0 Å². The number of amides is 1. The summed E-state index contributed by atoms with van der Waals surface area (Å²) in [6.07, 6.45) is 0. The molecular weight excluding hydrogens is 264 g/mol. The first kappa shape index (κ1) is 12.0. The molecule has 2 N–H and O–H groups in total. The van der Waals surface area contributed by atoms with Crippen molar-refractivity contribution in [1.29, 1.82) is 0 Å². The molecule has 0 fully saturated rings. The molecule has 1 aromatic heterocycles. The van der Waals surface area contributed by atoms with Crippen LogP contribution >= 0.6 is 0 Å². The number of hydrogen-bond donors (Lipinski definition) is 2. The van der Waals surface area contributed by atoms with Crippen LogP contribution in [0.4, 0.5) is 0 Å². The van der Waals surface area contributed by atoms with E-state index in [9.17, 15) is 4.79 Å². The molecule has 0 spiro atoms. The fourth-order valence-corrected chi connectivity index (χ4v) is 2.71. The van der Waals surface area contributed by atoms with Gasteiger partial charge in [0.1, 0.15) is 18.1 Å².